The van der Waals surface area contributed by atoms with Crippen molar-refractivity contribution < 1.29 is 9.53 Å². The summed E-state index contributed by atoms with van der Waals surface area (Å²) in [5, 5.41) is 3.19. The lowest BCUT2D eigenvalue weighted by molar-refractivity contribution is 0.161. The van der Waals surface area contributed by atoms with E-state index in [-0.39, 0.29) is 6.61 Å². The van der Waals surface area contributed by atoms with Crippen molar-refractivity contribution in [2.45, 2.75) is 0 Å². The van der Waals surface area contributed by atoms with Gasteiger partial charge in [0, 0.05) is 0 Å². The molecule has 15 heavy (non-hydrogen) atoms. The van der Waals surface area contributed by atoms with Gasteiger partial charge in [-0.3, -0.25) is 0 Å². The van der Waals surface area contributed by atoms with Crippen LogP contribution < -0.4 is 16.8 Å². The Kier molecular flexibility index (Phi) is 3.99. The van der Waals surface area contributed by atoms with Gasteiger partial charge in [0.1, 0.15) is 11.8 Å². The van der Waals surface area contributed by atoms with Gasteiger partial charge in [0.2, 0.25) is 0 Å². The van der Waals surface area contributed by atoms with Crippen LogP contribution in [0.5, 0.6) is 0 Å². The third-order valence-electron chi connectivity index (χ3n) is 1.53. The predicted octanol–water partition coefficient (Wildman–Crippen LogP) is 0.824. The number of nitrogens with zero attached hydrogens (tertiary/aromatic N) is 1. The van der Waals surface area contributed by atoms with Crippen LogP contribution in [0.3, 0.4) is 0 Å². The molecule has 1 rings (SSSR count). The number of rotatable bonds is 4. The lowest BCUT2D eigenvalue weighted by Crippen LogP contribution is -2.19. The molecule has 1 aromatic rings. The molecule has 1 heterocycles. The summed E-state index contributed by atoms with van der Waals surface area (Å²) in [5.41, 5.74) is 10.9. The lowest BCUT2D eigenvalue weighted by atomic mass is 10.4. The summed E-state index contributed by atoms with van der Waals surface area (Å²) in [6.07, 6.45) is -0.816. The van der Waals surface area contributed by atoms with E-state index in [4.69, 9.17) is 23.1 Å². The quantitative estimate of drug-likeness (QED) is 0.525. The Hall–Kier alpha value is -1.69. The predicted molar refractivity (Wildman–Crippen MR) is 57.7 cm³/mol. The Morgan fingerprint density at radius 1 is 1.60 bits per heavy atom. The van der Waals surface area contributed by atoms with Crippen LogP contribution in [0.25, 0.3) is 0 Å². The second-order valence-corrected chi connectivity index (χ2v) is 3.05. The molecule has 0 spiro atoms. The highest BCUT2D eigenvalue weighted by molar-refractivity contribution is 6.29. The Bertz CT molecular complexity index is 358. The van der Waals surface area contributed by atoms with Gasteiger partial charge in [0.15, 0.2) is 5.82 Å². The van der Waals surface area contributed by atoms with Crippen LogP contribution in [-0.2, 0) is 4.74 Å². The first-order valence-corrected chi connectivity index (χ1v) is 4.55. The molecule has 1 amide bonds. The van der Waals surface area contributed by atoms with E-state index in [9.17, 15) is 4.79 Å². The number of primary amides is 1. The van der Waals surface area contributed by atoms with Gasteiger partial charge in [0.05, 0.1) is 12.2 Å². The molecule has 0 bridgehead atoms. The maximum atomic E-state index is 10.2. The average molecular weight is 231 g/mol. The molecule has 0 atom stereocenters. The number of hydrogen-bond acceptors (Lipinski definition) is 5. The van der Waals surface area contributed by atoms with Crippen molar-refractivity contribution >= 4 is 29.2 Å². The highest BCUT2D eigenvalue weighted by Gasteiger charge is 2.01. The van der Waals surface area contributed by atoms with Crippen LogP contribution in [0.4, 0.5) is 16.3 Å². The fourth-order valence-electron chi connectivity index (χ4n) is 0.909. The molecule has 0 aliphatic carbocycles. The first-order valence-electron chi connectivity index (χ1n) is 4.17. The van der Waals surface area contributed by atoms with Gasteiger partial charge in [-0.25, -0.2) is 9.78 Å². The maximum absolute atomic E-state index is 10.2. The van der Waals surface area contributed by atoms with E-state index in [1.165, 1.54) is 0 Å². The van der Waals surface area contributed by atoms with Gasteiger partial charge in [-0.1, -0.05) is 11.6 Å². The minimum atomic E-state index is -0.816. The summed E-state index contributed by atoms with van der Waals surface area (Å²) in [5.74, 6) is 0.454. The molecule has 6 nitrogen and oxygen atoms in total. The molecule has 0 aliphatic heterocycles. The molecule has 0 aliphatic rings. The second kappa shape index (κ2) is 5.26. The largest absolute Gasteiger partial charge is 0.448 e. The number of pyridine rings is 1. The third kappa shape index (κ3) is 3.90. The van der Waals surface area contributed by atoms with Crippen molar-refractivity contribution in [1.82, 2.24) is 4.98 Å². The van der Waals surface area contributed by atoms with Crippen LogP contribution >= 0.6 is 11.6 Å². The molecule has 0 radical (unpaired) electrons. The Balaban J connectivity index is 2.43. The summed E-state index contributed by atoms with van der Waals surface area (Å²) >= 11 is 5.67. The van der Waals surface area contributed by atoms with Gasteiger partial charge in [-0.15, -0.1) is 0 Å². The van der Waals surface area contributed by atoms with Crippen LogP contribution in [0.1, 0.15) is 0 Å². The van der Waals surface area contributed by atoms with E-state index < -0.39 is 6.09 Å². The van der Waals surface area contributed by atoms with Gasteiger partial charge < -0.3 is 21.5 Å². The smallest absolute Gasteiger partial charge is 0.404 e. The zero-order chi connectivity index (χ0) is 11.3. The number of amides is 1. The SMILES string of the molecule is NC(=O)OCCNc1nc(Cl)ccc1N. The molecule has 82 valence electrons. The molecule has 1 aromatic heterocycles. The summed E-state index contributed by atoms with van der Waals surface area (Å²) in [4.78, 5) is 14.2. The number of aromatic nitrogens is 1. The molecule has 0 saturated heterocycles. The fourth-order valence-corrected chi connectivity index (χ4v) is 1.06. The zero-order valence-corrected chi connectivity index (χ0v) is 8.62. The first kappa shape index (κ1) is 11.4. The van der Waals surface area contributed by atoms with Crippen LogP contribution in [-0.4, -0.2) is 24.2 Å². The number of hydrogen-bond donors (Lipinski definition) is 3. The highest BCUT2D eigenvalue weighted by atomic mass is 35.5. The van der Waals surface area contributed by atoms with E-state index in [1.54, 1.807) is 12.1 Å². The van der Waals surface area contributed by atoms with Crippen LogP contribution in [0, 0.1) is 0 Å². The molecule has 5 N–H and O–H groups in total. The summed E-state index contributed by atoms with van der Waals surface area (Å²) < 4.78 is 4.51. The van der Waals surface area contributed by atoms with Gasteiger partial charge in [-0.2, -0.15) is 0 Å². The molecular formula is C8H11ClN4O2. The van der Waals surface area contributed by atoms with Crippen LogP contribution in [0.2, 0.25) is 5.15 Å². The molecule has 0 aromatic carbocycles. The van der Waals surface area contributed by atoms with E-state index >= 15 is 0 Å². The van der Waals surface area contributed by atoms with E-state index in [0.717, 1.165) is 0 Å². The topological polar surface area (TPSA) is 103 Å². The maximum Gasteiger partial charge on any atom is 0.404 e. The second-order valence-electron chi connectivity index (χ2n) is 2.67. The number of anilines is 2. The summed E-state index contributed by atoms with van der Waals surface area (Å²) in [6.45, 7) is 0.503. The van der Waals surface area contributed by atoms with Gasteiger partial charge >= 0.3 is 6.09 Å². The van der Waals surface area contributed by atoms with Crippen LogP contribution in [0.15, 0.2) is 12.1 Å². The molecule has 0 fully saturated rings. The minimum Gasteiger partial charge on any atom is -0.448 e. The number of carbonyl (C=O) groups excluding carboxylic acids is 1. The van der Waals surface area contributed by atoms with Crippen molar-refractivity contribution in [2.75, 3.05) is 24.2 Å². The highest BCUT2D eigenvalue weighted by Crippen LogP contribution is 2.17. The lowest BCUT2D eigenvalue weighted by Gasteiger charge is -2.07. The average Bonchev–Trinajstić information content (AvgIpc) is 2.17. The van der Waals surface area contributed by atoms with Crippen molar-refractivity contribution in [3.63, 3.8) is 0 Å². The standard InChI is InChI=1S/C8H11ClN4O2/c9-6-2-1-5(10)7(13-6)12-3-4-15-8(11)14/h1-2H,3-4,10H2,(H2,11,14)(H,12,13). The normalized spacial score (nSPS) is 9.67. The van der Waals surface area contributed by atoms with Crippen molar-refractivity contribution in [2.24, 2.45) is 5.73 Å². The minimum absolute atomic E-state index is 0.142. The monoisotopic (exact) mass is 230 g/mol. The van der Waals surface area contributed by atoms with Crippen molar-refractivity contribution in [1.29, 1.82) is 0 Å². The van der Waals surface area contributed by atoms with Gasteiger partial charge in [-0.05, 0) is 12.1 Å². The fraction of sp³-hybridized carbons (Fsp3) is 0.250. The summed E-state index contributed by atoms with van der Waals surface area (Å²) in [7, 11) is 0. The molecule has 7 heteroatoms. The van der Waals surface area contributed by atoms with Crippen molar-refractivity contribution in [3.05, 3.63) is 17.3 Å². The number of carbonyl (C=O) groups is 1. The Morgan fingerprint density at radius 2 is 2.33 bits per heavy atom. The third-order valence-corrected chi connectivity index (χ3v) is 1.74. The zero-order valence-electron chi connectivity index (χ0n) is 7.87. The van der Waals surface area contributed by atoms with Gasteiger partial charge in [0.25, 0.3) is 0 Å². The number of nitrogen functional groups attached to an aromatic ring is 1. The number of nitrogens with one attached hydrogen (secondary N) is 1. The number of nitrogens with two attached hydrogens (primary N) is 2. The van der Waals surface area contributed by atoms with E-state index in [2.05, 4.69) is 15.0 Å². The van der Waals surface area contributed by atoms with Crippen molar-refractivity contribution in [3.8, 4) is 0 Å². The van der Waals surface area contributed by atoms with E-state index in [0.29, 0.717) is 23.2 Å². The summed E-state index contributed by atoms with van der Waals surface area (Å²) in [6, 6.07) is 3.22. The molecular weight excluding hydrogens is 220 g/mol. The number of halogens is 1. The first-order chi connectivity index (χ1) is 7.09. The Morgan fingerprint density at radius 3 is 3.00 bits per heavy atom. The molecule has 0 unspecified atom stereocenters. The Labute approximate surface area is 91.6 Å². The number of ether oxygens (including phenoxy) is 1. The molecule has 0 saturated carbocycles. The van der Waals surface area contributed by atoms with E-state index in [1.807, 2.05) is 0 Å².